The highest BCUT2D eigenvalue weighted by Gasteiger charge is 2.04. The Balaban J connectivity index is 4.02. The van der Waals surface area contributed by atoms with Crippen LogP contribution in [0.15, 0.2) is 16.6 Å². The van der Waals surface area contributed by atoms with Gasteiger partial charge in [-0.05, 0) is 26.5 Å². The lowest BCUT2D eigenvalue weighted by Crippen LogP contribution is -2.03. The van der Waals surface area contributed by atoms with E-state index in [-0.39, 0.29) is 6.04 Å². The molecule has 0 bridgehead atoms. The minimum absolute atomic E-state index is 0.166. The molecule has 1 atom stereocenters. The predicted octanol–water partition coefficient (Wildman–Crippen LogP) is 2.28. The molecule has 0 aromatic heterocycles. The molecule has 74 valence electrons. The molecule has 3 heteroatoms. The summed E-state index contributed by atoms with van der Waals surface area (Å²) in [6, 6.07) is 0.166. The van der Waals surface area contributed by atoms with Crippen molar-refractivity contribution in [2.45, 2.75) is 39.2 Å². The average Bonchev–Trinajstić information content (AvgIpc) is 2.11. The van der Waals surface area contributed by atoms with Crippen molar-refractivity contribution in [3.8, 4) is 0 Å². The summed E-state index contributed by atoms with van der Waals surface area (Å²) < 4.78 is 0. The molecule has 0 aliphatic heterocycles. The van der Waals surface area contributed by atoms with Crippen LogP contribution in [0.3, 0.4) is 0 Å². The van der Waals surface area contributed by atoms with E-state index in [0.717, 1.165) is 12.8 Å². The summed E-state index contributed by atoms with van der Waals surface area (Å²) in [7, 11) is 0. The summed E-state index contributed by atoms with van der Waals surface area (Å²) >= 11 is 0. The highest BCUT2D eigenvalue weighted by Crippen LogP contribution is 2.08. The second-order valence-corrected chi connectivity index (χ2v) is 3.05. The van der Waals surface area contributed by atoms with Gasteiger partial charge in [0, 0.05) is 5.57 Å². The standard InChI is InChI=1S/C10H17NO2/c1-4-5-9(11-3)7-6-8(2)10(12)13/h6,9H,3-5,7H2,1-2H3,(H,12,13)/b8-6+. The Morgan fingerprint density at radius 2 is 2.31 bits per heavy atom. The highest BCUT2D eigenvalue weighted by atomic mass is 16.4. The monoisotopic (exact) mass is 183 g/mol. The Bertz CT molecular complexity index is 209. The fourth-order valence-electron chi connectivity index (χ4n) is 1.02. The molecule has 0 heterocycles. The number of aliphatic imine (C=N–C) groups is 1. The fraction of sp³-hybridized carbons (Fsp3) is 0.600. The van der Waals surface area contributed by atoms with E-state index in [0.29, 0.717) is 12.0 Å². The zero-order valence-electron chi connectivity index (χ0n) is 8.29. The van der Waals surface area contributed by atoms with Crippen LogP contribution in [-0.4, -0.2) is 23.8 Å². The Labute approximate surface area is 79.2 Å². The van der Waals surface area contributed by atoms with E-state index in [1.54, 1.807) is 13.0 Å². The van der Waals surface area contributed by atoms with Gasteiger partial charge in [0.1, 0.15) is 0 Å². The minimum Gasteiger partial charge on any atom is -0.478 e. The van der Waals surface area contributed by atoms with Gasteiger partial charge in [0.05, 0.1) is 6.04 Å². The van der Waals surface area contributed by atoms with Crippen LogP contribution in [0.1, 0.15) is 33.1 Å². The van der Waals surface area contributed by atoms with E-state index in [2.05, 4.69) is 18.6 Å². The van der Waals surface area contributed by atoms with Crippen molar-refractivity contribution >= 4 is 12.7 Å². The molecule has 1 N–H and O–H groups in total. The maximum atomic E-state index is 10.4. The van der Waals surface area contributed by atoms with Crippen molar-refractivity contribution in [2.24, 2.45) is 4.99 Å². The molecule has 1 unspecified atom stereocenters. The zero-order valence-corrected chi connectivity index (χ0v) is 8.29. The fourth-order valence-corrected chi connectivity index (χ4v) is 1.02. The SMILES string of the molecule is C=NC(C/C=C(\C)C(=O)O)CCC. The van der Waals surface area contributed by atoms with E-state index in [9.17, 15) is 4.79 Å². The molecule has 0 saturated carbocycles. The molecular weight excluding hydrogens is 166 g/mol. The lowest BCUT2D eigenvalue weighted by Gasteiger charge is -2.06. The van der Waals surface area contributed by atoms with Crippen LogP contribution in [0.2, 0.25) is 0 Å². The molecule has 0 aliphatic rings. The van der Waals surface area contributed by atoms with Gasteiger partial charge in [-0.1, -0.05) is 19.4 Å². The van der Waals surface area contributed by atoms with Gasteiger partial charge in [0.25, 0.3) is 0 Å². The maximum Gasteiger partial charge on any atom is 0.330 e. The molecule has 0 aliphatic carbocycles. The van der Waals surface area contributed by atoms with Gasteiger partial charge in [-0.25, -0.2) is 4.79 Å². The summed E-state index contributed by atoms with van der Waals surface area (Å²) in [5.41, 5.74) is 0.379. The van der Waals surface area contributed by atoms with Crippen LogP contribution in [0.4, 0.5) is 0 Å². The lowest BCUT2D eigenvalue weighted by atomic mass is 10.1. The molecule has 13 heavy (non-hydrogen) atoms. The first-order valence-electron chi connectivity index (χ1n) is 4.47. The van der Waals surface area contributed by atoms with Crippen molar-refractivity contribution in [1.29, 1.82) is 0 Å². The summed E-state index contributed by atoms with van der Waals surface area (Å²) in [5, 5.41) is 8.58. The quantitative estimate of drug-likeness (QED) is 0.507. The number of nitrogens with zero attached hydrogens (tertiary/aromatic N) is 1. The molecule has 0 aromatic rings. The van der Waals surface area contributed by atoms with Gasteiger partial charge >= 0.3 is 5.97 Å². The van der Waals surface area contributed by atoms with Crippen LogP contribution in [-0.2, 0) is 4.79 Å². The Morgan fingerprint density at radius 3 is 2.69 bits per heavy atom. The first-order valence-corrected chi connectivity index (χ1v) is 4.47. The van der Waals surface area contributed by atoms with Crippen molar-refractivity contribution in [3.05, 3.63) is 11.6 Å². The summed E-state index contributed by atoms with van der Waals surface area (Å²) in [6.45, 7) is 7.14. The topological polar surface area (TPSA) is 49.7 Å². The highest BCUT2D eigenvalue weighted by molar-refractivity contribution is 5.85. The van der Waals surface area contributed by atoms with Crippen LogP contribution in [0.25, 0.3) is 0 Å². The van der Waals surface area contributed by atoms with Crippen molar-refractivity contribution in [2.75, 3.05) is 0 Å². The van der Waals surface area contributed by atoms with Crippen LogP contribution < -0.4 is 0 Å². The number of hydrogen-bond donors (Lipinski definition) is 1. The van der Waals surface area contributed by atoms with Crippen LogP contribution in [0, 0.1) is 0 Å². The number of carbonyl (C=O) groups is 1. The first kappa shape index (κ1) is 11.9. The van der Waals surface area contributed by atoms with Crippen LogP contribution >= 0.6 is 0 Å². The van der Waals surface area contributed by atoms with Gasteiger partial charge in [-0.15, -0.1) is 0 Å². The van der Waals surface area contributed by atoms with E-state index >= 15 is 0 Å². The first-order chi connectivity index (χ1) is 6.11. The summed E-state index contributed by atoms with van der Waals surface area (Å²) in [6.07, 6.45) is 4.39. The van der Waals surface area contributed by atoms with Crippen molar-refractivity contribution in [3.63, 3.8) is 0 Å². The molecule has 0 saturated heterocycles. The third kappa shape index (κ3) is 5.17. The number of carboxylic acid groups (broad SMARTS) is 1. The minimum atomic E-state index is -0.862. The molecule has 0 aromatic carbocycles. The van der Waals surface area contributed by atoms with Gasteiger partial charge < -0.3 is 5.11 Å². The second-order valence-electron chi connectivity index (χ2n) is 3.05. The van der Waals surface area contributed by atoms with Gasteiger partial charge in [-0.2, -0.15) is 0 Å². The average molecular weight is 183 g/mol. The number of aliphatic carboxylic acids is 1. The smallest absolute Gasteiger partial charge is 0.330 e. The normalized spacial score (nSPS) is 13.8. The van der Waals surface area contributed by atoms with Crippen molar-refractivity contribution < 1.29 is 9.90 Å². The Hall–Kier alpha value is -1.12. The molecule has 3 nitrogen and oxygen atoms in total. The maximum absolute atomic E-state index is 10.4. The third-order valence-electron chi connectivity index (χ3n) is 1.91. The predicted molar refractivity (Wildman–Crippen MR) is 54.3 cm³/mol. The molecule has 0 fully saturated rings. The molecule has 0 amide bonds. The zero-order chi connectivity index (χ0) is 10.3. The van der Waals surface area contributed by atoms with E-state index in [1.807, 2.05) is 0 Å². The third-order valence-corrected chi connectivity index (χ3v) is 1.91. The van der Waals surface area contributed by atoms with E-state index in [1.165, 1.54) is 0 Å². The Morgan fingerprint density at radius 1 is 1.69 bits per heavy atom. The lowest BCUT2D eigenvalue weighted by molar-refractivity contribution is -0.132. The number of carboxylic acids is 1. The van der Waals surface area contributed by atoms with Gasteiger partial charge in [0.15, 0.2) is 0 Å². The van der Waals surface area contributed by atoms with Crippen molar-refractivity contribution in [1.82, 2.24) is 0 Å². The summed E-state index contributed by atoms with van der Waals surface area (Å²) in [4.78, 5) is 14.4. The molecule has 0 radical (unpaired) electrons. The van der Waals surface area contributed by atoms with E-state index in [4.69, 9.17) is 5.11 Å². The van der Waals surface area contributed by atoms with Gasteiger partial charge in [-0.3, -0.25) is 4.99 Å². The largest absolute Gasteiger partial charge is 0.478 e. The number of rotatable bonds is 6. The second kappa shape index (κ2) is 6.40. The van der Waals surface area contributed by atoms with Gasteiger partial charge in [0.2, 0.25) is 0 Å². The molecular formula is C10H17NO2. The molecule has 0 rings (SSSR count). The Kier molecular flexibility index (Phi) is 5.85. The summed E-state index contributed by atoms with van der Waals surface area (Å²) in [5.74, 6) is -0.862. The van der Waals surface area contributed by atoms with E-state index < -0.39 is 5.97 Å². The van der Waals surface area contributed by atoms with Crippen LogP contribution in [0.5, 0.6) is 0 Å². The molecule has 0 spiro atoms. The number of hydrogen-bond acceptors (Lipinski definition) is 2.